The highest BCUT2D eigenvalue weighted by molar-refractivity contribution is 5.84. The van der Waals surface area contributed by atoms with Gasteiger partial charge in [0.05, 0.1) is 0 Å². The Hall–Kier alpha value is -0.880. The van der Waals surface area contributed by atoms with Gasteiger partial charge in [-0.2, -0.15) is 22.0 Å². The Morgan fingerprint density at radius 1 is 1.25 bits per heavy atom. The molecular weight excluding hydrogens is 233 g/mol. The Morgan fingerprint density at radius 3 is 2.06 bits per heavy atom. The molecule has 0 bridgehead atoms. The van der Waals surface area contributed by atoms with Gasteiger partial charge in [0, 0.05) is 13.1 Å². The van der Waals surface area contributed by atoms with E-state index in [9.17, 15) is 26.7 Å². The van der Waals surface area contributed by atoms with Crippen LogP contribution in [0.25, 0.3) is 0 Å². The van der Waals surface area contributed by atoms with Crippen molar-refractivity contribution >= 4 is 5.91 Å². The zero-order valence-corrected chi connectivity index (χ0v) is 8.65. The summed E-state index contributed by atoms with van der Waals surface area (Å²) in [4.78, 5) is 11.6. The molecule has 94 valence electrons. The first kappa shape index (κ1) is 13.2. The van der Waals surface area contributed by atoms with Crippen molar-refractivity contribution in [2.24, 2.45) is 5.92 Å². The van der Waals surface area contributed by atoms with Crippen molar-refractivity contribution in [3.8, 4) is 0 Å². The standard InChI is InChI=1S/C9H12F5NO/c1-2-15(5-6-3-4-6)7(16)8(10,11)9(12,13)14/h6H,2-5H2,1H3. The van der Waals surface area contributed by atoms with E-state index in [-0.39, 0.29) is 19.0 Å². The summed E-state index contributed by atoms with van der Waals surface area (Å²) >= 11 is 0. The van der Waals surface area contributed by atoms with Crippen LogP contribution in [0.5, 0.6) is 0 Å². The van der Waals surface area contributed by atoms with Gasteiger partial charge in [0.2, 0.25) is 0 Å². The van der Waals surface area contributed by atoms with E-state index < -0.39 is 18.0 Å². The van der Waals surface area contributed by atoms with Crippen LogP contribution in [0.1, 0.15) is 19.8 Å². The van der Waals surface area contributed by atoms with Gasteiger partial charge in [-0.15, -0.1) is 0 Å². The lowest BCUT2D eigenvalue weighted by Gasteiger charge is -2.27. The Bertz CT molecular complexity index is 272. The Balaban J connectivity index is 2.72. The highest BCUT2D eigenvalue weighted by Crippen LogP contribution is 2.38. The number of alkyl halides is 5. The van der Waals surface area contributed by atoms with Crippen molar-refractivity contribution in [2.45, 2.75) is 31.9 Å². The molecule has 0 aromatic carbocycles. The second-order valence-electron chi connectivity index (χ2n) is 3.86. The molecule has 1 saturated carbocycles. The number of rotatable bonds is 4. The lowest BCUT2D eigenvalue weighted by atomic mass is 10.2. The summed E-state index contributed by atoms with van der Waals surface area (Å²) in [5.41, 5.74) is 0. The first-order valence-electron chi connectivity index (χ1n) is 4.94. The van der Waals surface area contributed by atoms with E-state index >= 15 is 0 Å². The van der Waals surface area contributed by atoms with E-state index in [2.05, 4.69) is 0 Å². The summed E-state index contributed by atoms with van der Waals surface area (Å²) in [6, 6.07) is 0. The molecule has 1 aliphatic rings. The van der Waals surface area contributed by atoms with Crippen LogP contribution < -0.4 is 0 Å². The van der Waals surface area contributed by atoms with Gasteiger partial charge in [0.25, 0.3) is 0 Å². The highest BCUT2D eigenvalue weighted by Gasteiger charge is 2.64. The van der Waals surface area contributed by atoms with Crippen LogP contribution in [0.2, 0.25) is 0 Å². The van der Waals surface area contributed by atoms with Crippen molar-refractivity contribution in [1.29, 1.82) is 0 Å². The fourth-order valence-corrected chi connectivity index (χ4v) is 1.29. The largest absolute Gasteiger partial charge is 0.463 e. The summed E-state index contributed by atoms with van der Waals surface area (Å²) in [6.07, 6.45) is -4.26. The van der Waals surface area contributed by atoms with Crippen LogP contribution in [0, 0.1) is 5.92 Å². The van der Waals surface area contributed by atoms with E-state index in [1.54, 1.807) is 0 Å². The van der Waals surface area contributed by atoms with Gasteiger partial charge in [0.15, 0.2) is 0 Å². The third-order valence-corrected chi connectivity index (χ3v) is 2.47. The molecule has 0 aromatic rings. The molecule has 0 aliphatic heterocycles. The normalized spacial score (nSPS) is 17.4. The maximum absolute atomic E-state index is 12.7. The van der Waals surface area contributed by atoms with Crippen LogP contribution in [0.15, 0.2) is 0 Å². The minimum absolute atomic E-state index is 0.0129. The van der Waals surface area contributed by atoms with Crippen LogP contribution in [0.4, 0.5) is 22.0 Å². The minimum Gasteiger partial charge on any atom is -0.337 e. The number of hydrogen-bond acceptors (Lipinski definition) is 1. The third kappa shape index (κ3) is 2.62. The Morgan fingerprint density at radius 2 is 1.75 bits per heavy atom. The van der Waals surface area contributed by atoms with Crippen LogP contribution >= 0.6 is 0 Å². The number of nitrogens with zero attached hydrogens (tertiary/aromatic N) is 1. The molecule has 0 unspecified atom stereocenters. The van der Waals surface area contributed by atoms with Crippen LogP contribution in [-0.4, -0.2) is 36.0 Å². The van der Waals surface area contributed by atoms with Crippen molar-refractivity contribution in [2.75, 3.05) is 13.1 Å². The average Bonchev–Trinajstić information content (AvgIpc) is 2.94. The van der Waals surface area contributed by atoms with E-state index in [4.69, 9.17) is 0 Å². The summed E-state index contributed by atoms with van der Waals surface area (Å²) in [6.45, 7) is 1.23. The molecule has 1 fully saturated rings. The van der Waals surface area contributed by atoms with Gasteiger partial charge in [-0.3, -0.25) is 4.79 Å². The molecule has 1 rings (SSSR count). The van der Waals surface area contributed by atoms with E-state index in [0.717, 1.165) is 12.8 Å². The minimum atomic E-state index is -5.82. The monoisotopic (exact) mass is 245 g/mol. The molecule has 2 nitrogen and oxygen atoms in total. The highest BCUT2D eigenvalue weighted by atomic mass is 19.4. The van der Waals surface area contributed by atoms with Gasteiger partial charge in [-0.1, -0.05) is 0 Å². The smallest absolute Gasteiger partial charge is 0.337 e. The number of carbonyl (C=O) groups is 1. The molecule has 0 radical (unpaired) electrons. The van der Waals surface area contributed by atoms with E-state index in [0.29, 0.717) is 4.90 Å². The molecule has 1 aliphatic carbocycles. The van der Waals surface area contributed by atoms with E-state index in [1.165, 1.54) is 6.92 Å². The molecule has 7 heteroatoms. The Kier molecular flexibility index (Phi) is 3.44. The SMILES string of the molecule is CCN(CC1CC1)C(=O)C(F)(F)C(F)(F)F. The van der Waals surface area contributed by atoms with Gasteiger partial charge in [-0.25, -0.2) is 0 Å². The van der Waals surface area contributed by atoms with Crippen molar-refractivity contribution in [3.63, 3.8) is 0 Å². The summed E-state index contributed by atoms with van der Waals surface area (Å²) in [7, 11) is 0. The van der Waals surface area contributed by atoms with Gasteiger partial charge in [0.1, 0.15) is 0 Å². The predicted octanol–water partition coefficient (Wildman–Crippen LogP) is 2.44. The molecule has 0 atom stereocenters. The number of carbonyl (C=O) groups excluding carboxylic acids is 1. The maximum Gasteiger partial charge on any atom is 0.463 e. The maximum atomic E-state index is 12.7. The first-order valence-corrected chi connectivity index (χ1v) is 4.94. The molecular formula is C9H12F5NO. The Labute approximate surface area is 89.4 Å². The van der Waals surface area contributed by atoms with Crippen LogP contribution in [-0.2, 0) is 4.79 Å². The zero-order valence-electron chi connectivity index (χ0n) is 8.65. The van der Waals surface area contributed by atoms with Crippen molar-refractivity contribution in [3.05, 3.63) is 0 Å². The first-order chi connectivity index (χ1) is 7.20. The second-order valence-corrected chi connectivity index (χ2v) is 3.86. The summed E-state index contributed by atoms with van der Waals surface area (Å²) < 4.78 is 61.2. The lowest BCUT2D eigenvalue weighted by molar-refractivity contribution is -0.274. The van der Waals surface area contributed by atoms with Crippen molar-refractivity contribution < 1.29 is 26.7 Å². The van der Waals surface area contributed by atoms with Crippen LogP contribution in [0.3, 0.4) is 0 Å². The predicted molar refractivity (Wildman–Crippen MR) is 46.0 cm³/mol. The fourth-order valence-electron chi connectivity index (χ4n) is 1.29. The molecule has 0 saturated heterocycles. The third-order valence-electron chi connectivity index (χ3n) is 2.47. The second kappa shape index (κ2) is 4.18. The molecule has 16 heavy (non-hydrogen) atoms. The molecule has 0 N–H and O–H groups in total. The number of amides is 1. The van der Waals surface area contributed by atoms with Gasteiger partial charge < -0.3 is 4.90 Å². The molecule has 0 aromatic heterocycles. The molecule has 0 heterocycles. The van der Waals surface area contributed by atoms with Gasteiger partial charge in [-0.05, 0) is 25.7 Å². The lowest BCUT2D eigenvalue weighted by Crippen LogP contribution is -2.52. The molecule has 0 spiro atoms. The number of hydrogen-bond donors (Lipinski definition) is 0. The summed E-state index contributed by atoms with van der Waals surface area (Å²) in [5, 5.41) is 0. The summed E-state index contributed by atoms with van der Waals surface area (Å²) in [5.74, 6) is -7.35. The van der Waals surface area contributed by atoms with Crippen molar-refractivity contribution in [1.82, 2.24) is 4.90 Å². The quantitative estimate of drug-likeness (QED) is 0.696. The fraction of sp³-hybridized carbons (Fsp3) is 0.889. The average molecular weight is 245 g/mol. The number of halogens is 5. The topological polar surface area (TPSA) is 20.3 Å². The van der Waals surface area contributed by atoms with Gasteiger partial charge >= 0.3 is 18.0 Å². The molecule has 1 amide bonds. The van der Waals surface area contributed by atoms with E-state index in [1.807, 2.05) is 0 Å². The zero-order chi connectivity index (χ0) is 12.6.